The monoisotopic (exact) mass is 622 g/mol. The van der Waals surface area contributed by atoms with E-state index in [-0.39, 0.29) is 12.2 Å². The van der Waals surface area contributed by atoms with Crippen LogP contribution in [0.25, 0.3) is 11.3 Å². The molecule has 0 radical (unpaired) electrons. The number of hydrogen-bond donors (Lipinski definition) is 0. The summed E-state index contributed by atoms with van der Waals surface area (Å²) in [5.41, 5.74) is -1.12. The van der Waals surface area contributed by atoms with Crippen LogP contribution < -0.4 is 4.90 Å². The Morgan fingerprint density at radius 3 is 2.29 bits per heavy atom. The SMILES string of the molecule is CCC(=O)CCCCCCCCn1cc(-c2ccc(CN3C(=O)N(c4ccc(C#N)c(C(F)(F)F)c4)C(=O)C3(C)C)cc2)nn1. The van der Waals surface area contributed by atoms with E-state index in [1.807, 2.05) is 42.1 Å². The lowest BCUT2D eigenvalue weighted by Crippen LogP contribution is -2.43. The van der Waals surface area contributed by atoms with Gasteiger partial charge in [-0.3, -0.25) is 14.3 Å². The Morgan fingerprint density at radius 2 is 1.64 bits per heavy atom. The maximum absolute atomic E-state index is 13.5. The molecule has 3 aromatic rings. The average molecular weight is 623 g/mol. The van der Waals surface area contributed by atoms with Crippen LogP contribution in [0.5, 0.6) is 0 Å². The fraction of sp³-hybridized carbons (Fsp3) is 0.455. The fourth-order valence-corrected chi connectivity index (χ4v) is 5.32. The van der Waals surface area contributed by atoms with E-state index in [9.17, 15) is 27.6 Å². The van der Waals surface area contributed by atoms with E-state index >= 15 is 0 Å². The minimum atomic E-state index is -4.83. The number of Topliss-reactive ketones (excluding diaryl/α,β-unsaturated/α-hetero) is 1. The first kappa shape index (κ1) is 33.4. The molecule has 0 N–H and O–H groups in total. The molecule has 4 rings (SSSR count). The van der Waals surface area contributed by atoms with E-state index < -0.39 is 34.8 Å². The van der Waals surface area contributed by atoms with Gasteiger partial charge in [-0.25, -0.2) is 9.69 Å². The smallest absolute Gasteiger partial charge is 0.305 e. The first-order valence-electron chi connectivity index (χ1n) is 15.2. The molecule has 45 heavy (non-hydrogen) atoms. The Labute approximate surface area is 260 Å². The van der Waals surface area contributed by atoms with Crippen molar-refractivity contribution in [2.45, 2.75) is 96.9 Å². The predicted octanol–water partition coefficient (Wildman–Crippen LogP) is 7.29. The second-order valence-electron chi connectivity index (χ2n) is 11.7. The topological polar surface area (TPSA) is 112 Å². The molecule has 1 fully saturated rings. The van der Waals surface area contributed by atoms with Gasteiger partial charge in [0.05, 0.1) is 29.1 Å². The van der Waals surface area contributed by atoms with Gasteiger partial charge in [0.2, 0.25) is 0 Å². The third kappa shape index (κ3) is 7.77. The number of aryl methyl sites for hydroxylation is 1. The van der Waals surface area contributed by atoms with Gasteiger partial charge in [0.15, 0.2) is 0 Å². The van der Waals surface area contributed by atoms with Crippen LogP contribution in [0.3, 0.4) is 0 Å². The molecule has 0 atom stereocenters. The largest absolute Gasteiger partial charge is 0.417 e. The number of halogens is 3. The number of benzene rings is 2. The number of aromatic nitrogens is 3. The molecular formula is C33H37F3N6O3. The molecule has 12 heteroatoms. The first-order chi connectivity index (χ1) is 21.4. The maximum Gasteiger partial charge on any atom is 0.417 e. The number of nitrogens with zero attached hydrogens (tertiary/aromatic N) is 6. The maximum atomic E-state index is 13.5. The molecule has 0 saturated carbocycles. The number of carbonyl (C=O) groups excluding carboxylic acids is 3. The van der Waals surface area contributed by atoms with Gasteiger partial charge in [0.25, 0.3) is 5.91 Å². The number of carbonyl (C=O) groups is 3. The number of anilines is 1. The van der Waals surface area contributed by atoms with Crippen LogP contribution in [0.2, 0.25) is 0 Å². The molecule has 0 bridgehead atoms. The van der Waals surface area contributed by atoms with Crippen LogP contribution in [0.4, 0.5) is 23.7 Å². The molecular weight excluding hydrogens is 585 g/mol. The zero-order chi connectivity index (χ0) is 32.8. The number of urea groups is 1. The van der Waals surface area contributed by atoms with Crippen molar-refractivity contribution in [1.82, 2.24) is 19.9 Å². The summed E-state index contributed by atoms with van der Waals surface area (Å²) in [6, 6.07) is 10.9. The minimum Gasteiger partial charge on any atom is -0.305 e. The van der Waals surface area contributed by atoms with Gasteiger partial charge in [0.1, 0.15) is 17.0 Å². The number of hydrogen-bond acceptors (Lipinski definition) is 6. The molecule has 1 aliphatic rings. The van der Waals surface area contributed by atoms with Crippen molar-refractivity contribution in [2.75, 3.05) is 4.90 Å². The summed E-state index contributed by atoms with van der Waals surface area (Å²) in [6.45, 7) is 5.79. The number of unbranched alkanes of at least 4 members (excludes halogenated alkanes) is 5. The number of nitriles is 1. The predicted molar refractivity (Wildman–Crippen MR) is 162 cm³/mol. The number of amides is 3. The molecule has 0 unspecified atom stereocenters. The average Bonchev–Trinajstić information content (AvgIpc) is 3.55. The van der Waals surface area contributed by atoms with Crippen molar-refractivity contribution in [3.8, 4) is 17.3 Å². The second kappa shape index (κ2) is 14.1. The summed E-state index contributed by atoms with van der Waals surface area (Å²) in [7, 11) is 0. The summed E-state index contributed by atoms with van der Waals surface area (Å²) in [6.07, 6.45) is 4.67. The van der Waals surface area contributed by atoms with Gasteiger partial charge in [-0.1, -0.05) is 62.1 Å². The minimum absolute atomic E-state index is 0.0539. The highest BCUT2D eigenvalue weighted by atomic mass is 19.4. The van der Waals surface area contributed by atoms with Crippen LogP contribution in [-0.2, 0) is 28.9 Å². The summed E-state index contributed by atoms with van der Waals surface area (Å²) >= 11 is 0. The summed E-state index contributed by atoms with van der Waals surface area (Å²) in [4.78, 5) is 40.1. The van der Waals surface area contributed by atoms with Crippen molar-refractivity contribution in [3.63, 3.8) is 0 Å². The van der Waals surface area contributed by atoms with Gasteiger partial charge >= 0.3 is 12.2 Å². The Bertz CT molecular complexity index is 1570. The number of alkyl halides is 3. The van der Waals surface area contributed by atoms with Gasteiger partial charge < -0.3 is 4.90 Å². The van der Waals surface area contributed by atoms with Gasteiger partial charge in [-0.05, 0) is 50.5 Å². The van der Waals surface area contributed by atoms with Crippen LogP contribution in [0, 0.1) is 11.3 Å². The van der Waals surface area contributed by atoms with E-state index in [0.29, 0.717) is 30.4 Å². The van der Waals surface area contributed by atoms with Gasteiger partial charge in [0, 0.05) is 31.5 Å². The number of imide groups is 1. The van der Waals surface area contributed by atoms with Crippen molar-refractivity contribution in [3.05, 3.63) is 65.4 Å². The fourth-order valence-electron chi connectivity index (χ4n) is 5.32. The molecule has 2 aromatic carbocycles. The van der Waals surface area contributed by atoms with Gasteiger partial charge in [-0.2, -0.15) is 18.4 Å². The molecule has 1 aromatic heterocycles. The van der Waals surface area contributed by atoms with E-state index in [4.69, 9.17) is 5.26 Å². The number of rotatable bonds is 14. The lowest BCUT2D eigenvalue weighted by molar-refractivity contribution is -0.137. The highest BCUT2D eigenvalue weighted by Gasteiger charge is 2.52. The third-order valence-corrected chi connectivity index (χ3v) is 8.13. The van der Waals surface area contributed by atoms with Crippen LogP contribution in [0.15, 0.2) is 48.7 Å². The molecule has 2 heterocycles. The van der Waals surface area contributed by atoms with Crippen molar-refractivity contribution in [1.29, 1.82) is 5.26 Å². The Hall–Kier alpha value is -4.53. The summed E-state index contributed by atoms with van der Waals surface area (Å²) in [5, 5.41) is 17.6. The highest BCUT2D eigenvalue weighted by molar-refractivity contribution is 6.23. The molecule has 1 aliphatic heterocycles. The van der Waals surface area contributed by atoms with E-state index in [1.54, 1.807) is 13.8 Å². The second-order valence-corrected chi connectivity index (χ2v) is 11.7. The summed E-state index contributed by atoms with van der Waals surface area (Å²) in [5.74, 6) is -0.336. The Morgan fingerprint density at radius 1 is 0.978 bits per heavy atom. The number of ketones is 1. The third-order valence-electron chi connectivity index (χ3n) is 8.13. The van der Waals surface area contributed by atoms with Crippen molar-refractivity contribution >= 4 is 23.4 Å². The Balaban J connectivity index is 1.35. The zero-order valence-corrected chi connectivity index (χ0v) is 25.7. The van der Waals surface area contributed by atoms with E-state index in [0.717, 1.165) is 67.2 Å². The van der Waals surface area contributed by atoms with E-state index in [1.165, 1.54) is 17.0 Å². The van der Waals surface area contributed by atoms with Crippen LogP contribution >= 0.6 is 0 Å². The van der Waals surface area contributed by atoms with Crippen molar-refractivity contribution in [2.24, 2.45) is 0 Å². The first-order valence-corrected chi connectivity index (χ1v) is 15.2. The molecule has 0 spiro atoms. The standard InChI is InChI=1S/C33H37F3N6O3/c1-4-27(43)11-9-7-5-6-8-10-18-40-22-29(38-39-40)24-14-12-23(13-15-24)21-41-31(45)42(30(44)32(41,2)3)26-17-16-25(20-37)28(19-26)33(34,35)36/h12-17,19,22H,4-11,18,21H2,1-3H3. The lowest BCUT2D eigenvalue weighted by atomic mass is 10.0. The molecule has 1 saturated heterocycles. The normalized spacial score (nSPS) is 14.7. The summed E-state index contributed by atoms with van der Waals surface area (Å²) < 4.78 is 42.4. The van der Waals surface area contributed by atoms with Crippen molar-refractivity contribution < 1.29 is 27.6 Å². The lowest BCUT2D eigenvalue weighted by Gasteiger charge is -2.27. The highest BCUT2D eigenvalue weighted by Crippen LogP contribution is 2.38. The molecule has 238 valence electrons. The van der Waals surface area contributed by atoms with Gasteiger partial charge in [-0.15, -0.1) is 5.10 Å². The molecule has 9 nitrogen and oxygen atoms in total. The quantitative estimate of drug-likeness (QED) is 0.138. The Kier molecular flexibility index (Phi) is 10.4. The molecule has 0 aliphatic carbocycles. The molecule has 3 amide bonds. The van der Waals surface area contributed by atoms with E-state index in [2.05, 4.69) is 10.3 Å². The van der Waals surface area contributed by atoms with Crippen LogP contribution in [0.1, 0.15) is 88.8 Å². The van der Waals surface area contributed by atoms with Crippen LogP contribution in [-0.4, -0.2) is 43.2 Å². The zero-order valence-electron chi connectivity index (χ0n) is 25.7.